The molecule has 1 aliphatic rings. The van der Waals surface area contributed by atoms with E-state index >= 15 is 0 Å². The zero-order valence-corrected chi connectivity index (χ0v) is 22.7. The Morgan fingerprint density at radius 1 is 0.850 bits per heavy atom. The molecule has 1 aromatic heterocycles. The second kappa shape index (κ2) is 11.3. The minimum Gasteiger partial charge on any atom is -0.330 e. The maximum absolute atomic E-state index is 13.7. The minimum absolute atomic E-state index is 0.0860. The largest absolute Gasteiger partial charge is 0.330 e. The molecule has 0 bridgehead atoms. The molecule has 6 rings (SSSR count). The Hall–Kier alpha value is -4.59. The second-order valence-electron chi connectivity index (χ2n) is 9.59. The zero-order valence-electron chi connectivity index (χ0n) is 21.8. The highest BCUT2D eigenvalue weighted by molar-refractivity contribution is 7.12. The van der Waals surface area contributed by atoms with Crippen molar-refractivity contribution in [1.29, 1.82) is 0 Å². The number of nitrogens with two attached hydrogens (primary N) is 1. The van der Waals surface area contributed by atoms with Gasteiger partial charge < -0.3 is 16.0 Å². The summed E-state index contributed by atoms with van der Waals surface area (Å²) < 4.78 is 0. The quantitative estimate of drug-likeness (QED) is 0.258. The van der Waals surface area contributed by atoms with E-state index in [-0.39, 0.29) is 11.8 Å². The number of aromatic nitrogens is 1. The highest BCUT2D eigenvalue weighted by Gasteiger charge is 2.27. The highest BCUT2D eigenvalue weighted by Crippen LogP contribution is 2.39. The average Bonchev–Trinajstić information content (AvgIpc) is 3.34. The molecular weight excluding hydrogens is 516 g/mol. The maximum atomic E-state index is 13.7. The van der Waals surface area contributed by atoms with Crippen LogP contribution < -0.4 is 16.0 Å². The van der Waals surface area contributed by atoms with Crippen molar-refractivity contribution in [2.75, 3.05) is 23.3 Å². The SMILES string of the molecule is NCCc1nc2c(s1)CCN(C(=O)c1ccc(NC(=O)c3ccccc3-c3ccccc3)cc1)c1ccccc1-2. The summed E-state index contributed by atoms with van der Waals surface area (Å²) in [6.45, 7) is 1.12. The third-order valence-corrected chi connectivity index (χ3v) is 8.18. The molecule has 2 amide bonds. The molecule has 0 aliphatic carbocycles. The summed E-state index contributed by atoms with van der Waals surface area (Å²) in [6.07, 6.45) is 1.48. The van der Waals surface area contributed by atoms with Gasteiger partial charge in [-0.2, -0.15) is 0 Å². The van der Waals surface area contributed by atoms with Crippen LogP contribution in [0.2, 0.25) is 0 Å². The molecule has 6 nitrogen and oxygen atoms in total. The van der Waals surface area contributed by atoms with Gasteiger partial charge in [0.2, 0.25) is 0 Å². The molecule has 1 aliphatic heterocycles. The lowest BCUT2D eigenvalue weighted by Gasteiger charge is -2.23. The van der Waals surface area contributed by atoms with Crippen molar-refractivity contribution in [2.45, 2.75) is 12.8 Å². The molecule has 198 valence electrons. The fourth-order valence-electron chi connectivity index (χ4n) is 5.07. The van der Waals surface area contributed by atoms with Gasteiger partial charge in [-0.25, -0.2) is 4.98 Å². The number of para-hydroxylation sites is 1. The molecule has 40 heavy (non-hydrogen) atoms. The van der Waals surface area contributed by atoms with Gasteiger partial charge in [-0.1, -0.05) is 66.7 Å². The summed E-state index contributed by atoms with van der Waals surface area (Å²) in [5.74, 6) is -0.287. The summed E-state index contributed by atoms with van der Waals surface area (Å²) in [7, 11) is 0. The van der Waals surface area contributed by atoms with E-state index in [2.05, 4.69) is 5.32 Å². The number of thiazole rings is 1. The van der Waals surface area contributed by atoms with Crippen molar-refractivity contribution < 1.29 is 9.59 Å². The number of fused-ring (bicyclic) bond motifs is 3. The van der Waals surface area contributed by atoms with Crippen LogP contribution in [-0.2, 0) is 12.8 Å². The molecule has 0 saturated heterocycles. The van der Waals surface area contributed by atoms with E-state index in [4.69, 9.17) is 10.7 Å². The van der Waals surface area contributed by atoms with E-state index in [9.17, 15) is 9.59 Å². The summed E-state index contributed by atoms with van der Waals surface area (Å²) in [5.41, 5.74) is 12.1. The first-order valence-electron chi connectivity index (χ1n) is 13.3. The van der Waals surface area contributed by atoms with Gasteiger partial charge in [-0.3, -0.25) is 9.59 Å². The first-order chi connectivity index (χ1) is 19.6. The normalized spacial score (nSPS) is 12.3. The van der Waals surface area contributed by atoms with Crippen LogP contribution in [0, 0.1) is 0 Å². The first kappa shape index (κ1) is 25.7. The number of carbonyl (C=O) groups is 2. The van der Waals surface area contributed by atoms with Crippen LogP contribution in [0.15, 0.2) is 103 Å². The van der Waals surface area contributed by atoms with Crippen LogP contribution in [0.4, 0.5) is 11.4 Å². The molecule has 0 fully saturated rings. The number of carbonyl (C=O) groups excluding carboxylic acids is 2. The van der Waals surface area contributed by atoms with Gasteiger partial charge in [-0.05, 0) is 54.1 Å². The van der Waals surface area contributed by atoms with Crippen molar-refractivity contribution >= 4 is 34.5 Å². The topological polar surface area (TPSA) is 88.3 Å². The molecule has 3 N–H and O–H groups in total. The van der Waals surface area contributed by atoms with E-state index in [1.165, 1.54) is 4.88 Å². The van der Waals surface area contributed by atoms with Crippen LogP contribution in [0.25, 0.3) is 22.4 Å². The molecule has 0 atom stereocenters. The minimum atomic E-state index is -0.201. The number of benzene rings is 4. The Morgan fingerprint density at radius 2 is 1.55 bits per heavy atom. The van der Waals surface area contributed by atoms with E-state index in [0.717, 1.165) is 45.9 Å². The fraction of sp³-hybridized carbons (Fsp3) is 0.121. The van der Waals surface area contributed by atoms with E-state index < -0.39 is 0 Å². The van der Waals surface area contributed by atoms with Gasteiger partial charge >= 0.3 is 0 Å². The lowest BCUT2D eigenvalue weighted by molar-refractivity contribution is 0.0986. The Balaban J connectivity index is 1.22. The first-order valence-corrected chi connectivity index (χ1v) is 14.1. The van der Waals surface area contributed by atoms with Gasteiger partial charge in [0, 0.05) is 46.6 Å². The Bertz CT molecular complexity index is 1680. The van der Waals surface area contributed by atoms with E-state index in [1.807, 2.05) is 83.8 Å². The smallest absolute Gasteiger partial charge is 0.258 e. The predicted molar refractivity (Wildman–Crippen MR) is 162 cm³/mol. The standard InChI is InChI=1S/C33H28N4O2S/c34-20-18-30-36-31-27-12-6-7-13-28(27)37(21-19-29(31)40-30)33(39)23-14-16-24(17-15-23)35-32(38)26-11-5-4-10-25(26)22-8-2-1-3-9-22/h1-17H,18-21,34H2,(H,35,38). The van der Waals surface area contributed by atoms with Crippen molar-refractivity contribution in [1.82, 2.24) is 4.98 Å². The predicted octanol–water partition coefficient (Wildman–Crippen LogP) is 6.43. The molecule has 0 saturated carbocycles. The third kappa shape index (κ3) is 5.04. The number of hydrogen-bond donors (Lipinski definition) is 2. The van der Waals surface area contributed by atoms with Crippen LogP contribution in [0.3, 0.4) is 0 Å². The number of nitrogens with one attached hydrogen (secondary N) is 1. The van der Waals surface area contributed by atoms with Gasteiger partial charge in [0.05, 0.1) is 16.4 Å². The fourth-order valence-corrected chi connectivity index (χ4v) is 6.15. The monoisotopic (exact) mass is 544 g/mol. The summed E-state index contributed by atoms with van der Waals surface area (Å²) in [5, 5.41) is 4.02. The van der Waals surface area contributed by atoms with Crippen LogP contribution in [0.5, 0.6) is 0 Å². The molecule has 0 spiro atoms. The highest BCUT2D eigenvalue weighted by atomic mass is 32.1. The Labute approximate surface area is 237 Å². The van der Waals surface area contributed by atoms with Gasteiger partial charge in [0.15, 0.2) is 0 Å². The number of amides is 2. The van der Waals surface area contributed by atoms with Crippen LogP contribution in [-0.4, -0.2) is 29.9 Å². The average molecular weight is 545 g/mol. The molecule has 0 unspecified atom stereocenters. The summed E-state index contributed by atoms with van der Waals surface area (Å²) in [4.78, 5) is 34.8. The molecule has 7 heteroatoms. The number of anilines is 2. The molecule has 5 aromatic rings. The molecule has 4 aromatic carbocycles. The zero-order chi connectivity index (χ0) is 27.5. The van der Waals surface area contributed by atoms with Gasteiger partial charge in [-0.15, -0.1) is 11.3 Å². The maximum Gasteiger partial charge on any atom is 0.258 e. The number of hydrogen-bond acceptors (Lipinski definition) is 5. The van der Waals surface area contributed by atoms with Crippen molar-refractivity contribution in [2.24, 2.45) is 5.73 Å². The van der Waals surface area contributed by atoms with Crippen molar-refractivity contribution in [3.63, 3.8) is 0 Å². The van der Waals surface area contributed by atoms with Crippen molar-refractivity contribution in [3.8, 4) is 22.4 Å². The van der Waals surface area contributed by atoms with E-state index in [0.29, 0.717) is 29.9 Å². The van der Waals surface area contributed by atoms with Crippen molar-refractivity contribution in [3.05, 3.63) is 124 Å². The van der Waals surface area contributed by atoms with Crippen LogP contribution >= 0.6 is 11.3 Å². The lowest BCUT2D eigenvalue weighted by Crippen LogP contribution is -2.32. The summed E-state index contributed by atoms with van der Waals surface area (Å²) in [6, 6.07) is 32.4. The molecule has 0 radical (unpaired) electrons. The van der Waals surface area contributed by atoms with E-state index in [1.54, 1.807) is 35.6 Å². The molecule has 2 heterocycles. The van der Waals surface area contributed by atoms with Gasteiger partial charge in [0.25, 0.3) is 11.8 Å². The Morgan fingerprint density at radius 3 is 2.33 bits per heavy atom. The third-order valence-electron chi connectivity index (χ3n) is 7.00. The molecular formula is C33H28N4O2S. The number of nitrogens with zero attached hydrogens (tertiary/aromatic N) is 2. The summed E-state index contributed by atoms with van der Waals surface area (Å²) >= 11 is 1.68. The second-order valence-corrected chi connectivity index (χ2v) is 10.8. The Kier molecular flexibility index (Phi) is 7.23. The number of rotatable bonds is 6. The van der Waals surface area contributed by atoms with Crippen LogP contribution in [0.1, 0.15) is 30.6 Å². The lowest BCUT2D eigenvalue weighted by atomic mass is 9.99. The van der Waals surface area contributed by atoms with Gasteiger partial charge in [0.1, 0.15) is 0 Å².